The van der Waals surface area contributed by atoms with Gasteiger partial charge in [0.2, 0.25) is 0 Å². The Morgan fingerprint density at radius 2 is 2.11 bits per heavy atom. The highest BCUT2D eigenvalue weighted by Crippen LogP contribution is 2.25. The smallest absolute Gasteiger partial charge is 0.321 e. The monoisotopic (exact) mass is 273 g/mol. The third-order valence-electron chi connectivity index (χ3n) is 3.28. The minimum atomic E-state index is -0.811. The normalized spacial score (nSPS) is 19.2. The molecule has 1 atom stereocenters. The molecule has 18 heavy (non-hydrogen) atoms. The Balaban J connectivity index is 0.00000162. The Labute approximate surface area is 112 Å². The second kappa shape index (κ2) is 5.67. The van der Waals surface area contributed by atoms with Gasteiger partial charge in [0.05, 0.1) is 0 Å². The van der Waals surface area contributed by atoms with Gasteiger partial charge in [0.15, 0.2) is 0 Å². The van der Waals surface area contributed by atoms with Crippen LogP contribution in [0.5, 0.6) is 0 Å². The first kappa shape index (κ1) is 14.9. The van der Waals surface area contributed by atoms with Crippen LogP contribution in [-0.4, -0.2) is 28.1 Å². The maximum absolute atomic E-state index is 13.1. The summed E-state index contributed by atoms with van der Waals surface area (Å²) in [4.78, 5) is 13.1. The van der Waals surface area contributed by atoms with Crippen LogP contribution >= 0.6 is 12.4 Å². The second-order valence-electron chi connectivity index (χ2n) is 4.74. The van der Waals surface area contributed by atoms with Gasteiger partial charge >= 0.3 is 5.97 Å². The first-order valence-electron chi connectivity index (χ1n) is 5.75. The lowest BCUT2D eigenvalue weighted by Crippen LogP contribution is -2.48. The third-order valence-corrected chi connectivity index (χ3v) is 3.28. The molecule has 100 valence electrons. The number of benzene rings is 1. The number of halogens is 2. The highest BCUT2D eigenvalue weighted by atomic mass is 35.5. The third kappa shape index (κ3) is 2.82. The van der Waals surface area contributed by atoms with E-state index in [-0.39, 0.29) is 24.3 Å². The zero-order chi connectivity index (χ0) is 12.6. The zero-order valence-electron chi connectivity index (χ0n) is 10.4. The Morgan fingerprint density at radius 3 is 2.67 bits per heavy atom. The van der Waals surface area contributed by atoms with Gasteiger partial charge in [0, 0.05) is 12.6 Å². The molecule has 0 radical (unpaired) electrons. The average Bonchev–Trinajstić information content (AvgIpc) is 2.26. The summed E-state index contributed by atoms with van der Waals surface area (Å²) in [7, 11) is 0. The number of nitrogens with zero attached hydrogens (tertiary/aromatic N) is 1. The SMILES string of the molecule is CC(C)N1Cc2cc(F)ccc2CC1C(=O)O.Cl. The number of carboxylic acid groups (broad SMARTS) is 1. The largest absolute Gasteiger partial charge is 0.480 e. The van der Waals surface area contributed by atoms with Gasteiger partial charge in [-0.1, -0.05) is 6.07 Å². The van der Waals surface area contributed by atoms with Crippen molar-refractivity contribution >= 4 is 18.4 Å². The Bertz CT molecular complexity index is 451. The van der Waals surface area contributed by atoms with Crippen molar-refractivity contribution in [2.24, 2.45) is 0 Å². The van der Waals surface area contributed by atoms with Gasteiger partial charge in [-0.2, -0.15) is 0 Å². The number of rotatable bonds is 2. The van der Waals surface area contributed by atoms with Gasteiger partial charge in [-0.3, -0.25) is 9.69 Å². The number of fused-ring (bicyclic) bond motifs is 1. The van der Waals surface area contributed by atoms with Crippen LogP contribution in [0, 0.1) is 5.82 Å². The first-order valence-corrected chi connectivity index (χ1v) is 5.75. The number of hydrogen-bond acceptors (Lipinski definition) is 2. The van der Waals surface area contributed by atoms with Crippen LogP contribution in [0.1, 0.15) is 25.0 Å². The van der Waals surface area contributed by atoms with Crippen molar-refractivity contribution in [1.29, 1.82) is 0 Å². The van der Waals surface area contributed by atoms with E-state index in [0.29, 0.717) is 13.0 Å². The van der Waals surface area contributed by atoms with E-state index in [4.69, 9.17) is 0 Å². The van der Waals surface area contributed by atoms with E-state index >= 15 is 0 Å². The molecule has 1 aromatic rings. The maximum Gasteiger partial charge on any atom is 0.321 e. The molecule has 0 amide bonds. The molecular formula is C13H17ClFNO2. The molecule has 0 aromatic heterocycles. The average molecular weight is 274 g/mol. The van der Waals surface area contributed by atoms with Crippen LogP contribution in [0.3, 0.4) is 0 Å². The Morgan fingerprint density at radius 1 is 1.44 bits per heavy atom. The highest BCUT2D eigenvalue weighted by molar-refractivity contribution is 5.85. The lowest BCUT2D eigenvalue weighted by molar-refractivity contribution is -0.144. The second-order valence-corrected chi connectivity index (χ2v) is 4.74. The molecule has 0 bridgehead atoms. The van der Waals surface area contributed by atoms with Gasteiger partial charge in [0.1, 0.15) is 11.9 Å². The molecule has 5 heteroatoms. The van der Waals surface area contributed by atoms with E-state index in [2.05, 4.69) is 0 Å². The molecular weight excluding hydrogens is 257 g/mol. The van der Waals surface area contributed by atoms with E-state index in [9.17, 15) is 14.3 Å². The van der Waals surface area contributed by atoms with E-state index in [0.717, 1.165) is 11.1 Å². The molecule has 0 saturated carbocycles. The van der Waals surface area contributed by atoms with E-state index in [1.54, 1.807) is 6.07 Å². The van der Waals surface area contributed by atoms with E-state index in [1.165, 1.54) is 12.1 Å². The summed E-state index contributed by atoms with van der Waals surface area (Å²) in [5, 5.41) is 9.22. The highest BCUT2D eigenvalue weighted by Gasteiger charge is 2.32. The Kier molecular flexibility index (Phi) is 4.71. The topological polar surface area (TPSA) is 40.5 Å². The number of aliphatic carboxylic acids is 1. The molecule has 1 unspecified atom stereocenters. The summed E-state index contributed by atoms with van der Waals surface area (Å²) in [5.41, 5.74) is 1.84. The predicted molar refractivity (Wildman–Crippen MR) is 69.5 cm³/mol. The van der Waals surface area contributed by atoms with Crippen molar-refractivity contribution in [3.63, 3.8) is 0 Å². The van der Waals surface area contributed by atoms with Crippen molar-refractivity contribution in [1.82, 2.24) is 4.90 Å². The molecule has 1 aliphatic heterocycles. The van der Waals surface area contributed by atoms with Crippen LogP contribution < -0.4 is 0 Å². The summed E-state index contributed by atoms with van der Waals surface area (Å²) >= 11 is 0. The van der Waals surface area contributed by atoms with Crippen LogP contribution in [0.2, 0.25) is 0 Å². The number of carboxylic acids is 1. The van der Waals surface area contributed by atoms with Crippen LogP contribution in [0.25, 0.3) is 0 Å². The van der Waals surface area contributed by atoms with E-state index in [1.807, 2.05) is 18.7 Å². The number of hydrogen-bond donors (Lipinski definition) is 1. The lowest BCUT2D eigenvalue weighted by Gasteiger charge is -2.37. The maximum atomic E-state index is 13.1. The minimum Gasteiger partial charge on any atom is -0.480 e. The first-order chi connectivity index (χ1) is 7.99. The molecule has 3 nitrogen and oxygen atoms in total. The van der Waals surface area contributed by atoms with Crippen molar-refractivity contribution in [2.75, 3.05) is 0 Å². The van der Waals surface area contributed by atoms with Gasteiger partial charge in [0.25, 0.3) is 0 Å². The summed E-state index contributed by atoms with van der Waals surface area (Å²) in [6.07, 6.45) is 0.448. The molecule has 1 aromatic carbocycles. The quantitative estimate of drug-likeness (QED) is 0.900. The van der Waals surface area contributed by atoms with E-state index < -0.39 is 12.0 Å². The van der Waals surface area contributed by atoms with Crippen LogP contribution in [0.4, 0.5) is 4.39 Å². The summed E-state index contributed by atoms with van der Waals surface area (Å²) in [5.74, 6) is -1.07. The summed E-state index contributed by atoms with van der Waals surface area (Å²) in [6, 6.07) is 4.21. The minimum absolute atomic E-state index is 0. The molecule has 0 spiro atoms. The van der Waals surface area contributed by atoms with Crippen molar-refractivity contribution < 1.29 is 14.3 Å². The standard InChI is InChI=1S/C13H16FNO2.ClH/c1-8(2)15-7-10-5-11(14)4-3-9(10)6-12(15)13(16)17;/h3-5,8,12H,6-7H2,1-2H3,(H,16,17);1H. The van der Waals surface area contributed by atoms with Crippen LogP contribution in [-0.2, 0) is 17.8 Å². The number of carbonyl (C=O) groups is 1. The molecule has 0 saturated heterocycles. The van der Waals surface area contributed by atoms with Crippen molar-refractivity contribution in [2.45, 2.75) is 38.9 Å². The summed E-state index contributed by atoms with van der Waals surface area (Å²) < 4.78 is 13.1. The summed E-state index contributed by atoms with van der Waals surface area (Å²) in [6.45, 7) is 4.42. The van der Waals surface area contributed by atoms with Gasteiger partial charge in [-0.25, -0.2) is 4.39 Å². The molecule has 2 rings (SSSR count). The molecule has 0 aliphatic carbocycles. The molecule has 1 N–H and O–H groups in total. The lowest BCUT2D eigenvalue weighted by atomic mass is 9.93. The fourth-order valence-corrected chi connectivity index (χ4v) is 2.34. The molecule has 1 heterocycles. The van der Waals surface area contributed by atoms with Crippen LogP contribution in [0.15, 0.2) is 18.2 Å². The zero-order valence-corrected chi connectivity index (χ0v) is 11.2. The predicted octanol–water partition coefficient (Wildman–Crippen LogP) is 2.47. The fraction of sp³-hybridized carbons (Fsp3) is 0.462. The fourth-order valence-electron chi connectivity index (χ4n) is 2.34. The molecule has 1 aliphatic rings. The molecule has 0 fully saturated rings. The van der Waals surface area contributed by atoms with Crippen molar-refractivity contribution in [3.8, 4) is 0 Å². The van der Waals surface area contributed by atoms with Crippen molar-refractivity contribution in [3.05, 3.63) is 35.1 Å². The van der Waals surface area contributed by atoms with Gasteiger partial charge in [-0.15, -0.1) is 12.4 Å². The Hall–Kier alpha value is -1.13. The van der Waals surface area contributed by atoms with Gasteiger partial charge < -0.3 is 5.11 Å². The van der Waals surface area contributed by atoms with Gasteiger partial charge in [-0.05, 0) is 43.5 Å².